The minimum atomic E-state index is -0.880. The first kappa shape index (κ1) is 25.2. The molecule has 3 rings (SSSR count). The minimum Gasteiger partial charge on any atom is -0.494 e. The average molecular weight is 484 g/mol. The van der Waals surface area contributed by atoms with E-state index < -0.39 is 12.0 Å². The van der Waals surface area contributed by atoms with Gasteiger partial charge in [0.15, 0.2) is 5.11 Å². The maximum absolute atomic E-state index is 13.2. The van der Waals surface area contributed by atoms with Crippen molar-refractivity contribution in [2.75, 3.05) is 32.1 Å². The number of thiocarbonyl (C=S) groups is 1. The monoisotopic (exact) mass is 483 g/mol. The second-order valence-corrected chi connectivity index (χ2v) is 8.22. The van der Waals surface area contributed by atoms with Gasteiger partial charge in [-0.1, -0.05) is 37.3 Å². The zero-order valence-electron chi connectivity index (χ0n) is 19.4. The van der Waals surface area contributed by atoms with E-state index in [0.717, 1.165) is 17.7 Å². The van der Waals surface area contributed by atoms with Crippen molar-refractivity contribution in [3.63, 3.8) is 0 Å². The van der Waals surface area contributed by atoms with Gasteiger partial charge in [-0.15, -0.1) is 0 Å². The van der Waals surface area contributed by atoms with Gasteiger partial charge in [0.1, 0.15) is 18.3 Å². The highest BCUT2D eigenvalue weighted by molar-refractivity contribution is 7.80. The van der Waals surface area contributed by atoms with Gasteiger partial charge in [-0.3, -0.25) is 19.3 Å². The Kier molecular flexibility index (Phi) is 8.98. The van der Waals surface area contributed by atoms with Crippen LogP contribution in [0.5, 0.6) is 5.75 Å². The minimum absolute atomic E-state index is 0.147. The van der Waals surface area contributed by atoms with Gasteiger partial charge >= 0.3 is 5.97 Å². The Labute approximate surface area is 204 Å². The van der Waals surface area contributed by atoms with Gasteiger partial charge in [-0.2, -0.15) is 0 Å². The first-order valence-electron chi connectivity index (χ1n) is 11.2. The number of rotatable bonds is 11. The summed E-state index contributed by atoms with van der Waals surface area (Å²) in [4.78, 5) is 40.9. The van der Waals surface area contributed by atoms with Crippen LogP contribution >= 0.6 is 12.2 Å². The van der Waals surface area contributed by atoms with Crippen LogP contribution in [0.1, 0.15) is 25.3 Å². The molecule has 0 aliphatic carbocycles. The lowest BCUT2D eigenvalue weighted by Gasteiger charge is -2.22. The Hall–Kier alpha value is -3.46. The smallest absolute Gasteiger partial charge is 0.325 e. The van der Waals surface area contributed by atoms with E-state index in [1.807, 2.05) is 37.3 Å². The third kappa shape index (κ3) is 6.54. The molecule has 0 radical (unpaired) electrons. The van der Waals surface area contributed by atoms with Crippen molar-refractivity contribution in [3.8, 4) is 5.75 Å². The number of methoxy groups -OCH3 is 1. The molecule has 1 atom stereocenters. The summed E-state index contributed by atoms with van der Waals surface area (Å²) < 4.78 is 10.3. The van der Waals surface area contributed by atoms with Gasteiger partial charge in [0.25, 0.3) is 5.91 Å². The molecule has 0 bridgehead atoms. The Morgan fingerprint density at radius 2 is 1.79 bits per heavy atom. The molecule has 8 nitrogen and oxygen atoms in total. The fourth-order valence-corrected chi connectivity index (χ4v) is 3.98. The van der Waals surface area contributed by atoms with E-state index in [-0.39, 0.29) is 29.9 Å². The summed E-state index contributed by atoms with van der Waals surface area (Å²) in [5.41, 5.74) is 1.65. The van der Waals surface area contributed by atoms with E-state index in [0.29, 0.717) is 25.3 Å². The molecular weight excluding hydrogens is 454 g/mol. The molecule has 180 valence electrons. The highest BCUT2D eigenvalue weighted by Crippen LogP contribution is 2.23. The molecular formula is C25H29N3O5S. The van der Waals surface area contributed by atoms with Crippen LogP contribution in [-0.4, -0.2) is 65.5 Å². The van der Waals surface area contributed by atoms with Gasteiger partial charge in [0, 0.05) is 12.2 Å². The van der Waals surface area contributed by atoms with Gasteiger partial charge < -0.3 is 19.7 Å². The maximum Gasteiger partial charge on any atom is 0.325 e. The number of nitrogens with zero attached hydrogens (tertiary/aromatic N) is 2. The van der Waals surface area contributed by atoms with Gasteiger partial charge in [-0.05, 0) is 54.9 Å². The van der Waals surface area contributed by atoms with E-state index in [2.05, 4.69) is 5.32 Å². The van der Waals surface area contributed by atoms with E-state index >= 15 is 0 Å². The van der Waals surface area contributed by atoms with Crippen molar-refractivity contribution in [1.29, 1.82) is 0 Å². The predicted molar refractivity (Wildman–Crippen MR) is 132 cm³/mol. The summed E-state index contributed by atoms with van der Waals surface area (Å²) in [5.74, 6) is -0.478. The zero-order chi connectivity index (χ0) is 24.5. The average Bonchev–Trinajstić information content (AvgIpc) is 3.06. The molecule has 2 amide bonds. The summed E-state index contributed by atoms with van der Waals surface area (Å²) in [6.45, 7) is 2.80. The number of benzene rings is 2. The first-order chi connectivity index (χ1) is 16.4. The van der Waals surface area contributed by atoms with E-state index in [4.69, 9.17) is 21.7 Å². The van der Waals surface area contributed by atoms with E-state index in [1.54, 1.807) is 24.3 Å². The third-order valence-corrected chi connectivity index (χ3v) is 5.84. The molecule has 9 heteroatoms. The van der Waals surface area contributed by atoms with Crippen LogP contribution in [0.4, 0.5) is 5.69 Å². The largest absolute Gasteiger partial charge is 0.494 e. The lowest BCUT2D eigenvalue weighted by molar-refractivity contribution is -0.141. The molecule has 1 N–H and O–H groups in total. The quantitative estimate of drug-likeness (QED) is 0.388. The van der Waals surface area contributed by atoms with Crippen LogP contribution in [-0.2, 0) is 25.5 Å². The molecule has 0 saturated carbocycles. The molecule has 1 aliphatic heterocycles. The number of nitrogens with one attached hydrogen (secondary N) is 1. The highest BCUT2D eigenvalue weighted by Gasteiger charge is 2.44. The Bertz CT molecular complexity index is 1010. The first-order valence-corrected chi connectivity index (χ1v) is 11.6. The van der Waals surface area contributed by atoms with Crippen molar-refractivity contribution in [2.45, 2.75) is 32.2 Å². The summed E-state index contributed by atoms with van der Waals surface area (Å²) in [7, 11) is 1.27. The van der Waals surface area contributed by atoms with Crippen LogP contribution in [0.25, 0.3) is 0 Å². The Morgan fingerprint density at radius 1 is 1.09 bits per heavy atom. The lowest BCUT2D eigenvalue weighted by atomic mass is 10.1. The molecule has 1 saturated heterocycles. The second kappa shape index (κ2) is 12.1. The molecule has 0 unspecified atom stereocenters. The topological polar surface area (TPSA) is 88.2 Å². The molecule has 0 spiro atoms. The summed E-state index contributed by atoms with van der Waals surface area (Å²) in [5, 5.41) is 3.02. The highest BCUT2D eigenvalue weighted by atomic mass is 32.1. The molecule has 2 aromatic rings. The number of hydrogen-bond donors (Lipinski definition) is 1. The fourth-order valence-electron chi connectivity index (χ4n) is 3.61. The molecule has 34 heavy (non-hydrogen) atoms. The van der Waals surface area contributed by atoms with E-state index in [9.17, 15) is 14.4 Å². The SMILES string of the molecule is CCCOc1ccc(NC(=O)C[C@H]2C(=O)N(CCc3ccccc3)C(=S)N2CC(=O)OC)cc1. The maximum atomic E-state index is 13.2. The van der Waals surface area contributed by atoms with Crippen LogP contribution in [0.2, 0.25) is 0 Å². The molecule has 1 aliphatic rings. The Morgan fingerprint density at radius 3 is 2.44 bits per heavy atom. The molecule has 2 aromatic carbocycles. The number of anilines is 1. The predicted octanol–water partition coefficient (Wildman–Crippen LogP) is 3.02. The third-order valence-electron chi connectivity index (χ3n) is 5.39. The van der Waals surface area contributed by atoms with E-state index in [1.165, 1.54) is 16.9 Å². The van der Waals surface area contributed by atoms with Gasteiger partial charge in [0.05, 0.1) is 20.1 Å². The molecule has 0 aromatic heterocycles. The van der Waals surface area contributed by atoms with Crippen LogP contribution in [0.3, 0.4) is 0 Å². The number of carbonyl (C=O) groups excluding carboxylic acids is 3. The number of ether oxygens (including phenoxy) is 2. The summed E-state index contributed by atoms with van der Waals surface area (Å²) in [6, 6.07) is 15.9. The van der Waals surface area contributed by atoms with Gasteiger partial charge in [-0.25, -0.2) is 0 Å². The Balaban J connectivity index is 1.67. The fraction of sp³-hybridized carbons (Fsp3) is 0.360. The molecule has 1 fully saturated rings. The van der Waals surface area contributed by atoms with Crippen LogP contribution < -0.4 is 10.1 Å². The molecule has 1 heterocycles. The number of carbonyl (C=O) groups is 3. The van der Waals surface area contributed by atoms with Crippen LogP contribution in [0.15, 0.2) is 54.6 Å². The van der Waals surface area contributed by atoms with Crippen molar-refractivity contribution in [2.24, 2.45) is 0 Å². The normalized spacial score (nSPS) is 15.4. The second-order valence-electron chi connectivity index (χ2n) is 7.85. The van der Waals surface area contributed by atoms with Crippen molar-refractivity contribution < 1.29 is 23.9 Å². The lowest BCUT2D eigenvalue weighted by Crippen LogP contribution is -2.41. The van der Waals surface area contributed by atoms with Crippen molar-refractivity contribution in [1.82, 2.24) is 9.80 Å². The van der Waals surface area contributed by atoms with Gasteiger partial charge in [0.2, 0.25) is 5.91 Å². The van der Waals surface area contributed by atoms with Crippen molar-refractivity contribution >= 4 is 40.8 Å². The number of hydrogen-bond acceptors (Lipinski definition) is 6. The number of amides is 2. The van der Waals surface area contributed by atoms with Crippen LogP contribution in [0, 0.1) is 0 Å². The summed E-state index contributed by atoms with van der Waals surface area (Å²) in [6.07, 6.45) is 1.36. The number of esters is 1. The zero-order valence-corrected chi connectivity index (χ0v) is 20.2. The van der Waals surface area contributed by atoms with Crippen molar-refractivity contribution in [3.05, 3.63) is 60.2 Å². The summed E-state index contributed by atoms with van der Waals surface area (Å²) >= 11 is 5.51. The standard InChI is InChI=1S/C25H29N3O5S/c1-3-15-33-20-11-9-19(10-12-20)26-22(29)16-21-24(31)27(14-13-18-7-5-4-6-8-18)25(34)28(21)17-23(30)32-2/h4-12,21H,3,13-17H2,1-2H3,(H,26,29)/t21-/m0/s1.